The van der Waals surface area contributed by atoms with Gasteiger partial charge in [-0.15, -0.1) is 0 Å². The summed E-state index contributed by atoms with van der Waals surface area (Å²) in [7, 11) is 0. The van der Waals surface area contributed by atoms with Gasteiger partial charge in [-0.25, -0.2) is 0 Å². The van der Waals surface area contributed by atoms with E-state index in [0.717, 1.165) is 10.8 Å². The first-order valence-corrected chi connectivity index (χ1v) is 8.66. The van der Waals surface area contributed by atoms with Gasteiger partial charge in [-0.2, -0.15) is 0 Å². The van der Waals surface area contributed by atoms with Crippen molar-refractivity contribution in [3.05, 3.63) is 70.2 Å². The van der Waals surface area contributed by atoms with Crippen LogP contribution in [0.3, 0.4) is 0 Å². The van der Waals surface area contributed by atoms with Crippen molar-refractivity contribution in [1.29, 1.82) is 0 Å². The number of halogens is 2. The monoisotopic (exact) mass is 373 g/mol. The maximum atomic E-state index is 12.2. The van der Waals surface area contributed by atoms with Crippen LogP contribution in [-0.4, -0.2) is 11.9 Å². The Labute approximate surface area is 156 Å². The Morgan fingerprint density at radius 1 is 1.00 bits per heavy atom. The zero-order chi connectivity index (χ0) is 18.0. The number of fused-ring (bicyclic) bond motifs is 1. The average molecular weight is 374 g/mol. The first kappa shape index (κ1) is 17.6. The van der Waals surface area contributed by atoms with Gasteiger partial charge in [0.2, 0.25) is 0 Å². The molecule has 25 heavy (non-hydrogen) atoms. The molecule has 0 saturated carbocycles. The largest absolute Gasteiger partial charge is 0.457 e. The maximum absolute atomic E-state index is 12.2. The van der Waals surface area contributed by atoms with E-state index in [9.17, 15) is 4.79 Å². The van der Waals surface area contributed by atoms with Crippen molar-refractivity contribution in [3.63, 3.8) is 0 Å². The molecule has 0 atom stereocenters. The predicted molar refractivity (Wildman–Crippen MR) is 103 cm³/mol. The molecule has 0 aliphatic rings. The number of rotatable bonds is 4. The van der Waals surface area contributed by atoms with E-state index in [1.165, 1.54) is 0 Å². The van der Waals surface area contributed by atoms with Crippen LogP contribution in [0.5, 0.6) is 11.5 Å². The molecule has 1 N–H and O–H groups in total. The third-order valence-electron chi connectivity index (χ3n) is 3.64. The van der Waals surface area contributed by atoms with Crippen LogP contribution in [0, 0.1) is 0 Å². The highest BCUT2D eigenvalue weighted by Crippen LogP contribution is 2.33. The lowest BCUT2D eigenvalue weighted by Crippen LogP contribution is -2.29. The molecule has 3 aromatic carbocycles. The summed E-state index contributed by atoms with van der Waals surface area (Å²) in [5, 5.41) is 5.65. The molecule has 0 heterocycles. The molecular formula is C20H17Cl2NO2. The molecule has 5 heteroatoms. The summed E-state index contributed by atoms with van der Waals surface area (Å²) < 4.78 is 5.95. The van der Waals surface area contributed by atoms with Gasteiger partial charge in [0.05, 0.1) is 10.0 Å². The Kier molecular flexibility index (Phi) is 5.16. The number of amides is 1. The fourth-order valence-electron chi connectivity index (χ4n) is 2.50. The van der Waals surface area contributed by atoms with Gasteiger partial charge in [0, 0.05) is 23.1 Å². The number of carbonyl (C=O) groups excluding carboxylic acids is 1. The molecule has 0 unspecified atom stereocenters. The van der Waals surface area contributed by atoms with Crippen molar-refractivity contribution >= 4 is 39.9 Å². The second-order valence-electron chi connectivity index (χ2n) is 6.00. The first-order chi connectivity index (χ1) is 11.9. The minimum absolute atomic E-state index is 0.0901. The number of carbonyl (C=O) groups is 1. The highest BCUT2D eigenvalue weighted by molar-refractivity contribution is 6.42. The van der Waals surface area contributed by atoms with Crippen molar-refractivity contribution < 1.29 is 9.53 Å². The molecule has 0 fully saturated rings. The van der Waals surface area contributed by atoms with E-state index in [4.69, 9.17) is 27.9 Å². The molecule has 128 valence electrons. The van der Waals surface area contributed by atoms with Crippen LogP contribution in [0.15, 0.2) is 54.6 Å². The van der Waals surface area contributed by atoms with Crippen LogP contribution in [-0.2, 0) is 0 Å². The zero-order valence-corrected chi connectivity index (χ0v) is 15.4. The highest BCUT2D eigenvalue weighted by Gasteiger charge is 2.10. The Balaban J connectivity index is 1.94. The normalized spacial score (nSPS) is 10.9. The fourth-order valence-corrected chi connectivity index (χ4v) is 2.79. The van der Waals surface area contributed by atoms with Crippen LogP contribution in [0.4, 0.5) is 0 Å². The van der Waals surface area contributed by atoms with E-state index >= 15 is 0 Å². The molecule has 1 amide bonds. The molecule has 3 nitrogen and oxygen atoms in total. The van der Waals surface area contributed by atoms with Crippen molar-refractivity contribution in [2.24, 2.45) is 0 Å². The molecule has 0 aliphatic carbocycles. The first-order valence-electron chi connectivity index (χ1n) is 7.90. The van der Waals surface area contributed by atoms with Gasteiger partial charge in [0.15, 0.2) is 0 Å². The van der Waals surface area contributed by atoms with Gasteiger partial charge in [-0.3, -0.25) is 4.79 Å². The second kappa shape index (κ2) is 7.34. The topological polar surface area (TPSA) is 38.3 Å². The van der Waals surface area contributed by atoms with Crippen molar-refractivity contribution in [2.75, 3.05) is 0 Å². The Morgan fingerprint density at radius 3 is 2.52 bits per heavy atom. The zero-order valence-electron chi connectivity index (χ0n) is 13.8. The van der Waals surface area contributed by atoms with E-state index in [2.05, 4.69) is 5.32 Å². The molecule has 0 spiro atoms. The standard InChI is InChI=1S/C20H17Cl2NO2/c1-12(2)23-20(24)14-6-8-16-13(10-14)4-3-5-19(16)25-15-7-9-17(21)18(22)11-15/h3-12H,1-2H3,(H,23,24). The van der Waals surface area contributed by atoms with E-state index in [1.807, 2.05) is 44.2 Å². The summed E-state index contributed by atoms with van der Waals surface area (Å²) in [6.07, 6.45) is 0. The van der Waals surface area contributed by atoms with Crippen molar-refractivity contribution in [1.82, 2.24) is 5.32 Å². The molecule has 0 aromatic heterocycles. The van der Waals surface area contributed by atoms with Crippen LogP contribution in [0.25, 0.3) is 10.8 Å². The van der Waals surface area contributed by atoms with Crippen molar-refractivity contribution in [3.8, 4) is 11.5 Å². The Bertz CT molecular complexity index is 938. The molecule has 0 radical (unpaired) electrons. The number of nitrogens with one attached hydrogen (secondary N) is 1. The van der Waals surface area contributed by atoms with Crippen LogP contribution < -0.4 is 10.1 Å². The number of hydrogen-bond donors (Lipinski definition) is 1. The van der Waals surface area contributed by atoms with E-state index in [0.29, 0.717) is 27.1 Å². The third kappa shape index (κ3) is 4.06. The van der Waals surface area contributed by atoms with Gasteiger partial charge in [0.25, 0.3) is 5.91 Å². The Morgan fingerprint density at radius 2 is 1.80 bits per heavy atom. The molecule has 3 aromatic rings. The molecular weight excluding hydrogens is 357 g/mol. The average Bonchev–Trinajstić information content (AvgIpc) is 2.57. The predicted octanol–water partition coefficient (Wildman–Crippen LogP) is 6.08. The molecule has 0 bridgehead atoms. The van der Waals surface area contributed by atoms with E-state index in [-0.39, 0.29) is 11.9 Å². The van der Waals surface area contributed by atoms with Crippen LogP contribution >= 0.6 is 23.2 Å². The summed E-state index contributed by atoms with van der Waals surface area (Å²) >= 11 is 12.0. The quantitative estimate of drug-likeness (QED) is 0.601. The fraction of sp³-hybridized carbons (Fsp3) is 0.150. The lowest BCUT2D eigenvalue weighted by Gasteiger charge is -2.12. The number of ether oxygens (including phenoxy) is 1. The van der Waals surface area contributed by atoms with Gasteiger partial charge < -0.3 is 10.1 Å². The van der Waals surface area contributed by atoms with Crippen LogP contribution in [0.2, 0.25) is 10.0 Å². The Hall–Kier alpha value is -2.23. The van der Waals surface area contributed by atoms with Gasteiger partial charge in [-0.1, -0.05) is 35.3 Å². The minimum atomic E-state index is -0.0901. The third-order valence-corrected chi connectivity index (χ3v) is 4.38. The van der Waals surface area contributed by atoms with Gasteiger partial charge in [-0.05, 0) is 55.6 Å². The molecule has 3 rings (SSSR count). The summed E-state index contributed by atoms with van der Waals surface area (Å²) in [6, 6.07) is 16.5. The number of hydrogen-bond acceptors (Lipinski definition) is 2. The van der Waals surface area contributed by atoms with Crippen LogP contribution in [0.1, 0.15) is 24.2 Å². The van der Waals surface area contributed by atoms with Crippen molar-refractivity contribution in [2.45, 2.75) is 19.9 Å². The lowest BCUT2D eigenvalue weighted by molar-refractivity contribution is 0.0943. The number of benzene rings is 3. The van der Waals surface area contributed by atoms with Gasteiger partial charge >= 0.3 is 0 Å². The SMILES string of the molecule is CC(C)NC(=O)c1ccc2c(Oc3ccc(Cl)c(Cl)c3)cccc2c1. The maximum Gasteiger partial charge on any atom is 0.251 e. The smallest absolute Gasteiger partial charge is 0.251 e. The summed E-state index contributed by atoms with van der Waals surface area (Å²) in [5.74, 6) is 1.20. The summed E-state index contributed by atoms with van der Waals surface area (Å²) in [5.41, 5.74) is 0.618. The highest BCUT2D eigenvalue weighted by atomic mass is 35.5. The summed E-state index contributed by atoms with van der Waals surface area (Å²) in [6.45, 7) is 3.87. The van der Waals surface area contributed by atoms with E-state index < -0.39 is 0 Å². The van der Waals surface area contributed by atoms with E-state index in [1.54, 1.807) is 24.3 Å². The second-order valence-corrected chi connectivity index (χ2v) is 6.81. The minimum Gasteiger partial charge on any atom is -0.457 e. The molecule has 0 aliphatic heterocycles. The molecule has 0 saturated heterocycles. The van der Waals surface area contributed by atoms with Gasteiger partial charge in [0.1, 0.15) is 11.5 Å². The summed E-state index contributed by atoms with van der Waals surface area (Å²) in [4.78, 5) is 12.2. The lowest BCUT2D eigenvalue weighted by atomic mass is 10.1.